The summed E-state index contributed by atoms with van der Waals surface area (Å²) in [4.78, 5) is 4.24. The van der Waals surface area contributed by atoms with Gasteiger partial charge in [0, 0.05) is 11.2 Å². The number of halogens is 1. The lowest BCUT2D eigenvalue weighted by Gasteiger charge is -1.92. The van der Waals surface area contributed by atoms with Crippen LogP contribution in [0.15, 0.2) is 29.3 Å². The first-order valence-electron chi connectivity index (χ1n) is 4.21. The van der Waals surface area contributed by atoms with Crippen LogP contribution in [0.25, 0.3) is 0 Å². The summed E-state index contributed by atoms with van der Waals surface area (Å²) in [5.74, 6) is 0. The number of hydrogen-bond donors (Lipinski definition) is 0. The minimum atomic E-state index is 0.364. The molecule has 13 heavy (non-hydrogen) atoms. The zero-order valence-electron chi connectivity index (χ0n) is 7.11. The maximum Gasteiger partial charge on any atom is 0.100 e. The topological polar surface area (TPSA) is 24.9 Å². The maximum absolute atomic E-state index is 5.74. The summed E-state index contributed by atoms with van der Waals surface area (Å²) in [6.07, 6.45) is 2.21. The van der Waals surface area contributed by atoms with Crippen LogP contribution in [-0.2, 0) is 4.74 Å². The number of epoxide rings is 1. The summed E-state index contributed by atoms with van der Waals surface area (Å²) < 4.78 is 5.03. The number of aliphatic imine (C=N–C) groups is 1. The number of hydrogen-bond acceptors (Lipinski definition) is 2. The third kappa shape index (κ3) is 2.83. The standard InChI is InChI=1S/C10H10ClNO/c11-9-3-1-8(2-4-9)5-12-6-10-7-13-10/h1-5,10H,6-7H2/t10-/m0/s1. The van der Waals surface area contributed by atoms with Crippen LogP contribution in [0.1, 0.15) is 5.56 Å². The minimum Gasteiger partial charge on any atom is -0.371 e. The fraction of sp³-hybridized carbons (Fsp3) is 0.300. The fourth-order valence-corrected chi connectivity index (χ4v) is 1.12. The summed E-state index contributed by atoms with van der Waals surface area (Å²) in [5.41, 5.74) is 1.07. The molecule has 0 saturated carbocycles. The number of nitrogens with zero attached hydrogens (tertiary/aromatic N) is 1. The van der Waals surface area contributed by atoms with Crippen LogP contribution < -0.4 is 0 Å². The highest BCUT2D eigenvalue weighted by Crippen LogP contribution is 2.10. The average Bonchev–Trinajstić information content (AvgIpc) is 2.92. The van der Waals surface area contributed by atoms with Crippen LogP contribution in [0.4, 0.5) is 0 Å². The van der Waals surface area contributed by atoms with E-state index in [2.05, 4.69) is 4.99 Å². The van der Waals surface area contributed by atoms with Crippen molar-refractivity contribution in [3.8, 4) is 0 Å². The van der Waals surface area contributed by atoms with Gasteiger partial charge in [-0.2, -0.15) is 0 Å². The normalized spacial score (nSPS) is 20.8. The molecule has 3 heteroatoms. The predicted molar refractivity (Wildman–Crippen MR) is 53.7 cm³/mol. The van der Waals surface area contributed by atoms with Crippen molar-refractivity contribution in [1.82, 2.24) is 0 Å². The van der Waals surface area contributed by atoms with Crippen LogP contribution in [-0.4, -0.2) is 25.5 Å². The van der Waals surface area contributed by atoms with E-state index in [0.29, 0.717) is 6.10 Å². The third-order valence-electron chi connectivity index (χ3n) is 1.82. The highest BCUT2D eigenvalue weighted by Gasteiger charge is 2.20. The molecule has 1 aliphatic heterocycles. The molecule has 0 amide bonds. The Bertz CT molecular complexity index is 303. The summed E-state index contributed by atoms with van der Waals surface area (Å²) in [7, 11) is 0. The van der Waals surface area contributed by atoms with Gasteiger partial charge in [0.15, 0.2) is 0 Å². The van der Waals surface area contributed by atoms with Crippen LogP contribution in [0.2, 0.25) is 5.02 Å². The lowest BCUT2D eigenvalue weighted by atomic mass is 10.2. The third-order valence-corrected chi connectivity index (χ3v) is 2.07. The second-order valence-corrected chi connectivity index (χ2v) is 3.44. The van der Waals surface area contributed by atoms with E-state index in [9.17, 15) is 0 Å². The first-order chi connectivity index (χ1) is 6.34. The first-order valence-corrected chi connectivity index (χ1v) is 4.59. The zero-order chi connectivity index (χ0) is 9.10. The molecule has 0 N–H and O–H groups in total. The zero-order valence-corrected chi connectivity index (χ0v) is 7.87. The van der Waals surface area contributed by atoms with Crippen LogP contribution in [0.3, 0.4) is 0 Å². The number of rotatable bonds is 3. The average molecular weight is 196 g/mol. The van der Waals surface area contributed by atoms with Crippen molar-refractivity contribution in [3.05, 3.63) is 34.9 Å². The van der Waals surface area contributed by atoms with Gasteiger partial charge in [0.2, 0.25) is 0 Å². The molecule has 0 aliphatic carbocycles. The Morgan fingerprint density at radius 1 is 1.46 bits per heavy atom. The minimum absolute atomic E-state index is 0.364. The van der Waals surface area contributed by atoms with E-state index in [-0.39, 0.29) is 0 Å². The monoisotopic (exact) mass is 195 g/mol. The molecule has 1 aliphatic rings. The van der Waals surface area contributed by atoms with Gasteiger partial charge in [-0.25, -0.2) is 0 Å². The van der Waals surface area contributed by atoms with Crippen LogP contribution >= 0.6 is 11.6 Å². The van der Waals surface area contributed by atoms with Gasteiger partial charge in [-0.15, -0.1) is 0 Å². The number of benzene rings is 1. The largest absolute Gasteiger partial charge is 0.371 e. The van der Waals surface area contributed by atoms with Gasteiger partial charge >= 0.3 is 0 Å². The van der Waals surface area contributed by atoms with E-state index in [1.54, 1.807) is 0 Å². The van der Waals surface area contributed by atoms with Gasteiger partial charge in [-0.3, -0.25) is 4.99 Å². The molecule has 0 unspecified atom stereocenters. The Hall–Kier alpha value is -0.860. The van der Waals surface area contributed by atoms with Crippen molar-refractivity contribution >= 4 is 17.8 Å². The van der Waals surface area contributed by atoms with Gasteiger partial charge in [0.05, 0.1) is 13.2 Å². The highest BCUT2D eigenvalue weighted by molar-refractivity contribution is 6.30. The van der Waals surface area contributed by atoms with Crippen LogP contribution in [0, 0.1) is 0 Å². The Morgan fingerprint density at radius 2 is 2.15 bits per heavy atom. The molecular formula is C10H10ClNO. The van der Waals surface area contributed by atoms with Crippen molar-refractivity contribution in [2.45, 2.75) is 6.10 Å². The molecule has 1 atom stereocenters. The smallest absolute Gasteiger partial charge is 0.100 e. The van der Waals surface area contributed by atoms with E-state index < -0.39 is 0 Å². The molecule has 0 spiro atoms. The summed E-state index contributed by atoms with van der Waals surface area (Å²) in [6.45, 7) is 1.63. The Balaban J connectivity index is 1.92. The highest BCUT2D eigenvalue weighted by atomic mass is 35.5. The van der Waals surface area contributed by atoms with Crippen LogP contribution in [0.5, 0.6) is 0 Å². The van der Waals surface area contributed by atoms with Crippen molar-refractivity contribution in [3.63, 3.8) is 0 Å². The molecule has 1 aromatic rings. The van der Waals surface area contributed by atoms with Gasteiger partial charge in [-0.1, -0.05) is 23.7 Å². The molecule has 0 aromatic heterocycles. The van der Waals surface area contributed by atoms with Gasteiger partial charge in [0.25, 0.3) is 0 Å². The molecule has 1 fully saturated rings. The van der Waals surface area contributed by atoms with E-state index in [0.717, 1.165) is 23.7 Å². The van der Waals surface area contributed by atoms with E-state index >= 15 is 0 Å². The lowest BCUT2D eigenvalue weighted by Crippen LogP contribution is -1.91. The summed E-state index contributed by atoms with van der Waals surface area (Å²) in [6, 6.07) is 7.60. The molecule has 1 aromatic carbocycles. The predicted octanol–water partition coefficient (Wildman–Crippen LogP) is 2.16. The van der Waals surface area contributed by atoms with Crippen molar-refractivity contribution in [2.75, 3.05) is 13.2 Å². The van der Waals surface area contributed by atoms with Crippen molar-refractivity contribution in [2.24, 2.45) is 4.99 Å². The molecule has 0 radical (unpaired) electrons. The van der Waals surface area contributed by atoms with E-state index in [1.165, 1.54) is 0 Å². The van der Waals surface area contributed by atoms with Gasteiger partial charge < -0.3 is 4.74 Å². The maximum atomic E-state index is 5.74. The molecule has 0 bridgehead atoms. The lowest BCUT2D eigenvalue weighted by molar-refractivity contribution is 0.413. The Kier molecular flexibility index (Phi) is 2.62. The van der Waals surface area contributed by atoms with Gasteiger partial charge in [0.1, 0.15) is 6.10 Å². The second kappa shape index (κ2) is 3.90. The fourth-order valence-electron chi connectivity index (χ4n) is 0.998. The summed E-state index contributed by atoms with van der Waals surface area (Å²) in [5, 5.41) is 0.752. The Labute approximate surface area is 82.2 Å². The SMILES string of the molecule is Clc1ccc(C=NC[C@H]2CO2)cc1. The van der Waals surface area contributed by atoms with E-state index in [1.807, 2.05) is 30.5 Å². The summed E-state index contributed by atoms with van der Waals surface area (Å²) >= 11 is 5.74. The molecule has 2 rings (SSSR count). The van der Waals surface area contributed by atoms with E-state index in [4.69, 9.17) is 16.3 Å². The Morgan fingerprint density at radius 3 is 2.77 bits per heavy atom. The molecule has 1 heterocycles. The molecule has 2 nitrogen and oxygen atoms in total. The second-order valence-electron chi connectivity index (χ2n) is 3.00. The molecule has 1 saturated heterocycles. The van der Waals surface area contributed by atoms with Gasteiger partial charge in [-0.05, 0) is 17.7 Å². The molecular weight excluding hydrogens is 186 g/mol. The first kappa shape index (κ1) is 8.73. The van der Waals surface area contributed by atoms with Crippen molar-refractivity contribution < 1.29 is 4.74 Å². The quantitative estimate of drug-likeness (QED) is 0.536. The van der Waals surface area contributed by atoms with Crippen molar-refractivity contribution in [1.29, 1.82) is 0 Å². The number of ether oxygens (including phenoxy) is 1. The molecule has 68 valence electrons.